The van der Waals surface area contributed by atoms with Crippen molar-refractivity contribution in [2.24, 2.45) is 0 Å². The van der Waals surface area contributed by atoms with E-state index in [1.54, 1.807) is 6.20 Å². The van der Waals surface area contributed by atoms with Crippen LogP contribution in [0, 0.1) is 5.21 Å². The van der Waals surface area contributed by atoms with Gasteiger partial charge in [-0.2, -0.15) is 4.73 Å². The van der Waals surface area contributed by atoms with Gasteiger partial charge in [-0.3, -0.25) is 0 Å². The highest BCUT2D eigenvalue weighted by Crippen LogP contribution is 2.41. The molecule has 2 aliphatic rings. The summed E-state index contributed by atoms with van der Waals surface area (Å²) in [6.07, 6.45) is 5.95. The van der Waals surface area contributed by atoms with Crippen molar-refractivity contribution in [3.8, 4) is 0 Å². The summed E-state index contributed by atoms with van der Waals surface area (Å²) in [4.78, 5) is 0. The van der Waals surface area contributed by atoms with E-state index in [0.29, 0.717) is 0 Å². The van der Waals surface area contributed by atoms with Gasteiger partial charge in [-0.25, -0.2) is 0 Å². The summed E-state index contributed by atoms with van der Waals surface area (Å²) in [5.41, 5.74) is 2.23. The lowest BCUT2D eigenvalue weighted by atomic mass is 9.72. The van der Waals surface area contributed by atoms with E-state index in [9.17, 15) is 5.21 Å². The summed E-state index contributed by atoms with van der Waals surface area (Å²) in [5, 5.41) is 11.9. The Hall–Kier alpha value is -1.09. The number of aryl methyl sites for hydroxylation is 1. The van der Waals surface area contributed by atoms with Crippen LogP contribution < -0.4 is 4.73 Å². The van der Waals surface area contributed by atoms with Crippen LogP contribution in [0.4, 0.5) is 0 Å². The third kappa shape index (κ3) is 1.26. The molecule has 1 aliphatic carbocycles. The Balaban J connectivity index is 2.16. The molecule has 1 aromatic heterocycles. The van der Waals surface area contributed by atoms with E-state index in [1.165, 1.54) is 12.0 Å². The maximum absolute atomic E-state index is 11.9. The zero-order valence-electron chi connectivity index (χ0n) is 8.74. The van der Waals surface area contributed by atoms with E-state index in [-0.39, 0.29) is 5.41 Å². The van der Waals surface area contributed by atoms with Gasteiger partial charge in [-0.05, 0) is 31.7 Å². The summed E-state index contributed by atoms with van der Waals surface area (Å²) in [6.45, 7) is 1.53. The second-order valence-corrected chi connectivity index (χ2v) is 4.64. The van der Waals surface area contributed by atoms with Crippen molar-refractivity contribution < 1.29 is 9.47 Å². The summed E-state index contributed by atoms with van der Waals surface area (Å²) in [6, 6.07) is 3.93. The van der Waals surface area contributed by atoms with Crippen molar-refractivity contribution >= 4 is 0 Å². The van der Waals surface area contributed by atoms with Crippen LogP contribution >= 0.6 is 0 Å². The van der Waals surface area contributed by atoms with E-state index in [4.69, 9.17) is 4.74 Å². The van der Waals surface area contributed by atoms with Gasteiger partial charge in [0.25, 0.3) is 0 Å². The van der Waals surface area contributed by atoms with E-state index >= 15 is 0 Å². The number of hydrogen-bond acceptors (Lipinski definition) is 2. The highest BCUT2D eigenvalue weighted by Gasteiger charge is 2.46. The molecule has 3 nitrogen and oxygen atoms in total. The average molecular weight is 205 g/mol. The maximum atomic E-state index is 11.9. The largest absolute Gasteiger partial charge is 0.618 e. The van der Waals surface area contributed by atoms with Gasteiger partial charge in [-0.15, -0.1) is 0 Å². The fourth-order valence-electron chi connectivity index (χ4n) is 3.04. The Kier molecular flexibility index (Phi) is 1.96. The molecule has 2 heterocycles. The standard InChI is InChI=1S/C12H15NO2/c14-13-7-2-4-10-3-1-5-12(11(10)13)6-8-15-9-12/h2,4,7H,1,3,5-6,8-9H2. The topological polar surface area (TPSA) is 36.2 Å². The van der Waals surface area contributed by atoms with Gasteiger partial charge < -0.3 is 9.94 Å². The average Bonchev–Trinajstić information content (AvgIpc) is 2.67. The first-order valence-electron chi connectivity index (χ1n) is 5.61. The van der Waals surface area contributed by atoms with Gasteiger partial charge in [-0.1, -0.05) is 0 Å². The molecule has 1 aromatic rings. The fraction of sp³-hybridized carbons (Fsp3) is 0.583. The van der Waals surface area contributed by atoms with Crippen LogP contribution in [0.5, 0.6) is 0 Å². The van der Waals surface area contributed by atoms with Gasteiger partial charge in [0.15, 0.2) is 6.20 Å². The molecule has 1 fully saturated rings. The number of hydrogen-bond donors (Lipinski definition) is 0. The Bertz CT molecular complexity index is 383. The van der Waals surface area contributed by atoms with Crippen molar-refractivity contribution in [2.75, 3.05) is 13.2 Å². The molecule has 15 heavy (non-hydrogen) atoms. The van der Waals surface area contributed by atoms with Crippen LogP contribution in [0.15, 0.2) is 18.3 Å². The van der Waals surface area contributed by atoms with Gasteiger partial charge in [0.2, 0.25) is 5.69 Å². The van der Waals surface area contributed by atoms with Crippen molar-refractivity contribution in [3.05, 3.63) is 34.8 Å². The van der Waals surface area contributed by atoms with E-state index in [0.717, 1.165) is 42.9 Å². The molecule has 0 aromatic carbocycles. The first kappa shape index (κ1) is 9.16. The fourth-order valence-corrected chi connectivity index (χ4v) is 3.04. The second-order valence-electron chi connectivity index (χ2n) is 4.64. The predicted octanol–water partition coefficient (Wildman–Crippen LogP) is 1.31. The van der Waals surface area contributed by atoms with Crippen LogP contribution in [0.3, 0.4) is 0 Å². The third-order valence-corrected chi connectivity index (χ3v) is 3.75. The molecular formula is C12H15NO2. The van der Waals surface area contributed by atoms with Crippen molar-refractivity contribution in [2.45, 2.75) is 31.1 Å². The molecule has 3 heteroatoms. The summed E-state index contributed by atoms with van der Waals surface area (Å²) in [5.74, 6) is 0. The Morgan fingerprint density at radius 2 is 2.33 bits per heavy atom. The summed E-state index contributed by atoms with van der Waals surface area (Å²) in [7, 11) is 0. The molecule has 0 saturated carbocycles. The zero-order valence-corrected chi connectivity index (χ0v) is 8.74. The third-order valence-electron chi connectivity index (χ3n) is 3.75. The van der Waals surface area contributed by atoms with Gasteiger partial charge in [0.05, 0.1) is 12.0 Å². The van der Waals surface area contributed by atoms with Gasteiger partial charge >= 0.3 is 0 Å². The van der Waals surface area contributed by atoms with E-state index in [1.807, 2.05) is 6.07 Å². The van der Waals surface area contributed by atoms with Crippen LogP contribution in [0.1, 0.15) is 30.5 Å². The Labute approximate surface area is 89.3 Å². The number of rotatable bonds is 0. The van der Waals surface area contributed by atoms with Crippen LogP contribution in [0.2, 0.25) is 0 Å². The summed E-state index contributed by atoms with van der Waals surface area (Å²) >= 11 is 0. The smallest absolute Gasteiger partial charge is 0.204 e. The molecule has 1 aliphatic heterocycles. The second kappa shape index (κ2) is 3.20. The van der Waals surface area contributed by atoms with Gasteiger partial charge in [0, 0.05) is 18.2 Å². The number of aromatic nitrogens is 1. The normalized spacial score (nSPS) is 29.3. The lowest BCUT2D eigenvalue weighted by Gasteiger charge is -2.31. The quantitative estimate of drug-likeness (QED) is 0.473. The maximum Gasteiger partial charge on any atom is 0.204 e. The molecule has 1 saturated heterocycles. The SMILES string of the molecule is [O-][n+]1cccc2c1C1(CCC2)CCOC1. The predicted molar refractivity (Wildman–Crippen MR) is 55.5 cm³/mol. The molecule has 80 valence electrons. The molecule has 3 rings (SSSR count). The lowest BCUT2D eigenvalue weighted by Crippen LogP contribution is -2.45. The minimum atomic E-state index is 0.0244. The van der Waals surface area contributed by atoms with E-state index in [2.05, 4.69) is 6.07 Å². The van der Waals surface area contributed by atoms with Crippen molar-refractivity contribution in [3.63, 3.8) is 0 Å². The molecule has 0 radical (unpaired) electrons. The number of nitrogens with zero attached hydrogens (tertiary/aromatic N) is 1. The number of pyridine rings is 1. The number of fused-ring (bicyclic) bond motifs is 2. The molecule has 0 N–H and O–H groups in total. The van der Waals surface area contributed by atoms with Crippen LogP contribution in [0.25, 0.3) is 0 Å². The van der Waals surface area contributed by atoms with Crippen LogP contribution in [-0.4, -0.2) is 13.2 Å². The molecule has 0 amide bonds. The molecule has 1 unspecified atom stereocenters. The first-order valence-corrected chi connectivity index (χ1v) is 5.61. The highest BCUT2D eigenvalue weighted by atomic mass is 16.5. The Morgan fingerprint density at radius 1 is 1.40 bits per heavy atom. The Morgan fingerprint density at radius 3 is 3.13 bits per heavy atom. The molecule has 1 atom stereocenters. The molecule has 1 spiro atoms. The van der Waals surface area contributed by atoms with E-state index < -0.39 is 0 Å². The zero-order chi connectivity index (χ0) is 10.3. The lowest BCUT2D eigenvalue weighted by molar-refractivity contribution is -0.619. The van der Waals surface area contributed by atoms with Crippen LogP contribution in [-0.2, 0) is 16.6 Å². The monoisotopic (exact) mass is 205 g/mol. The first-order chi connectivity index (χ1) is 7.32. The molecular weight excluding hydrogens is 190 g/mol. The molecule has 0 bridgehead atoms. The van der Waals surface area contributed by atoms with Gasteiger partial charge in [0.1, 0.15) is 0 Å². The minimum absolute atomic E-state index is 0.0244. The highest BCUT2D eigenvalue weighted by molar-refractivity contribution is 5.28. The minimum Gasteiger partial charge on any atom is -0.618 e. The van der Waals surface area contributed by atoms with Crippen molar-refractivity contribution in [1.29, 1.82) is 0 Å². The number of ether oxygens (including phenoxy) is 1. The van der Waals surface area contributed by atoms with Crippen molar-refractivity contribution in [1.82, 2.24) is 0 Å². The summed E-state index contributed by atoms with van der Waals surface area (Å²) < 4.78 is 6.56.